The van der Waals surface area contributed by atoms with E-state index in [0.29, 0.717) is 42.0 Å². The first-order valence-corrected chi connectivity index (χ1v) is 10.5. The van der Waals surface area contributed by atoms with E-state index < -0.39 is 0 Å². The van der Waals surface area contributed by atoms with Crippen LogP contribution in [0.25, 0.3) is 10.9 Å². The van der Waals surface area contributed by atoms with E-state index in [1.165, 1.54) is 0 Å². The molecule has 8 nitrogen and oxygen atoms in total. The molecule has 0 bridgehead atoms. The number of rotatable bonds is 2. The van der Waals surface area contributed by atoms with E-state index in [9.17, 15) is 4.79 Å². The number of fused-ring (bicyclic) bond motifs is 3. The number of aromatic nitrogens is 3. The lowest BCUT2D eigenvalue weighted by Gasteiger charge is -2.40. The number of pyridine rings is 3. The van der Waals surface area contributed by atoms with Crippen LogP contribution in [-0.2, 0) is 16.1 Å². The molecule has 31 heavy (non-hydrogen) atoms. The van der Waals surface area contributed by atoms with Gasteiger partial charge < -0.3 is 20.1 Å². The molecule has 5 rings (SSSR count). The van der Waals surface area contributed by atoms with Gasteiger partial charge >= 0.3 is 0 Å². The summed E-state index contributed by atoms with van der Waals surface area (Å²) in [6.45, 7) is 5.18. The Morgan fingerprint density at radius 1 is 1.23 bits per heavy atom. The highest BCUT2D eigenvalue weighted by Crippen LogP contribution is 2.38. The third-order valence-corrected chi connectivity index (χ3v) is 6.19. The number of ether oxygens (including phenoxy) is 2. The first kappa shape index (κ1) is 20.1. The second-order valence-electron chi connectivity index (χ2n) is 7.96. The van der Waals surface area contributed by atoms with Gasteiger partial charge in [0.15, 0.2) is 0 Å². The summed E-state index contributed by atoms with van der Waals surface area (Å²) in [7, 11) is 0. The lowest BCUT2D eigenvalue weighted by Crippen LogP contribution is -2.49. The van der Waals surface area contributed by atoms with Crippen molar-refractivity contribution in [1.82, 2.24) is 19.9 Å². The number of nitrogens with two attached hydrogens (primary N) is 1. The molecule has 0 spiro atoms. The van der Waals surface area contributed by atoms with Gasteiger partial charge in [-0.2, -0.15) is 0 Å². The summed E-state index contributed by atoms with van der Waals surface area (Å²) in [5, 5.41) is 1.25. The molecule has 2 aliphatic heterocycles. The molecule has 0 aromatic carbocycles. The standard InChI is InChI=1S/C22H22ClN5O3/c1-11-8-30-10-18(13-3-4-19(23)26-6-13)28(11)22(29)16-5-14-15-9-31-12(2)20(15)21(24)27-17(14)7-25-16/h3-7,11-12,18H,8-10H2,1-2H3,(H2,24,27)/t11-,12+,18-/m0/s1. The van der Waals surface area contributed by atoms with Crippen molar-refractivity contribution in [2.24, 2.45) is 0 Å². The number of halogens is 1. The first-order valence-electron chi connectivity index (χ1n) is 10.2. The van der Waals surface area contributed by atoms with Crippen molar-refractivity contribution in [3.63, 3.8) is 0 Å². The molecule has 1 amide bonds. The van der Waals surface area contributed by atoms with Gasteiger partial charge in [0.05, 0.1) is 49.7 Å². The SMILES string of the molecule is C[C@H]1OCc2c1c(N)nc1cnc(C(=O)N3[C@@H](C)COC[C@H]3c3ccc(Cl)nc3)cc21. The summed E-state index contributed by atoms with van der Waals surface area (Å²) in [4.78, 5) is 28.5. The molecule has 3 atom stereocenters. The zero-order valence-corrected chi connectivity index (χ0v) is 18.0. The van der Waals surface area contributed by atoms with Crippen LogP contribution in [0.15, 0.2) is 30.6 Å². The predicted octanol–water partition coefficient (Wildman–Crippen LogP) is 3.45. The van der Waals surface area contributed by atoms with Gasteiger partial charge in [0.25, 0.3) is 5.91 Å². The summed E-state index contributed by atoms with van der Waals surface area (Å²) in [6, 6.07) is 4.97. The number of carbonyl (C=O) groups excluding carboxylic acids is 1. The van der Waals surface area contributed by atoms with Crippen molar-refractivity contribution in [3.8, 4) is 0 Å². The van der Waals surface area contributed by atoms with Gasteiger partial charge in [0.2, 0.25) is 0 Å². The number of nitrogen functional groups attached to an aromatic ring is 1. The van der Waals surface area contributed by atoms with Gasteiger partial charge in [-0.05, 0) is 37.1 Å². The topological polar surface area (TPSA) is 103 Å². The quantitative estimate of drug-likeness (QED) is 0.610. The Labute approximate surface area is 184 Å². The minimum atomic E-state index is -0.280. The van der Waals surface area contributed by atoms with E-state index in [1.807, 2.05) is 24.8 Å². The first-order chi connectivity index (χ1) is 14.9. The minimum absolute atomic E-state index is 0.125. The molecule has 0 saturated carbocycles. The van der Waals surface area contributed by atoms with Gasteiger partial charge in [0.1, 0.15) is 16.7 Å². The lowest BCUT2D eigenvalue weighted by molar-refractivity contribution is -0.0319. The van der Waals surface area contributed by atoms with Crippen molar-refractivity contribution in [1.29, 1.82) is 0 Å². The molecule has 5 heterocycles. The molecule has 0 aliphatic carbocycles. The lowest BCUT2D eigenvalue weighted by atomic mass is 10.0. The molecule has 1 fully saturated rings. The maximum absolute atomic E-state index is 13.6. The van der Waals surface area contributed by atoms with Crippen molar-refractivity contribution < 1.29 is 14.3 Å². The molecule has 0 radical (unpaired) electrons. The van der Waals surface area contributed by atoms with Crippen molar-refractivity contribution >= 4 is 34.2 Å². The average Bonchev–Trinajstić information content (AvgIpc) is 3.16. The second kappa shape index (κ2) is 7.71. The Morgan fingerprint density at radius 3 is 2.84 bits per heavy atom. The molecule has 3 aromatic rings. The minimum Gasteiger partial charge on any atom is -0.383 e. The highest BCUT2D eigenvalue weighted by molar-refractivity contribution is 6.29. The van der Waals surface area contributed by atoms with E-state index in [4.69, 9.17) is 26.8 Å². The summed E-state index contributed by atoms with van der Waals surface area (Å²) in [6.07, 6.45) is 3.16. The van der Waals surface area contributed by atoms with Crippen LogP contribution in [0, 0.1) is 0 Å². The van der Waals surface area contributed by atoms with Gasteiger partial charge in [-0.15, -0.1) is 0 Å². The van der Waals surface area contributed by atoms with Crippen molar-refractivity contribution in [2.75, 3.05) is 18.9 Å². The number of carbonyl (C=O) groups is 1. The van der Waals surface area contributed by atoms with Gasteiger partial charge in [0, 0.05) is 17.1 Å². The van der Waals surface area contributed by atoms with Crippen LogP contribution in [-0.4, -0.2) is 45.0 Å². The number of nitrogens with zero attached hydrogens (tertiary/aromatic N) is 4. The van der Waals surface area contributed by atoms with Gasteiger partial charge in [-0.1, -0.05) is 17.7 Å². The maximum atomic E-state index is 13.6. The number of amides is 1. The summed E-state index contributed by atoms with van der Waals surface area (Å²) in [5.41, 5.74) is 9.86. The Bertz CT molecular complexity index is 1170. The zero-order chi connectivity index (χ0) is 21.7. The Balaban J connectivity index is 1.56. The Kier molecular flexibility index (Phi) is 5.00. The molecule has 2 aliphatic rings. The number of hydrogen-bond acceptors (Lipinski definition) is 7. The van der Waals surface area contributed by atoms with E-state index in [2.05, 4.69) is 15.0 Å². The number of anilines is 1. The smallest absolute Gasteiger partial charge is 0.273 e. The van der Waals surface area contributed by atoms with Crippen LogP contribution >= 0.6 is 11.6 Å². The molecule has 160 valence electrons. The molecular weight excluding hydrogens is 418 g/mol. The van der Waals surface area contributed by atoms with Crippen LogP contribution in [0.5, 0.6) is 0 Å². The van der Waals surface area contributed by atoms with Crippen LogP contribution in [0.3, 0.4) is 0 Å². The molecule has 0 unspecified atom stereocenters. The largest absolute Gasteiger partial charge is 0.383 e. The fourth-order valence-electron chi connectivity index (χ4n) is 4.42. The van der Waals surface area contributed by atoms with Crippen LogP contribution in [0.4, 0.5) is 5.82 Å². The molecular formula is C22H22ClN5O3. The third kappa shape index (κ3) is 3.40. The Morgan fingerprint density at radius 2 is 2.06 bits per heavy atom. The van der Waals surface area contributed by atoms with Gasteiger partial charge in [-0.25, -0.2) is 15.0 Å². The summed E-state index contributed by atoms with van der Waals surface area (Å²) in [5.74, 6) is 0.278. The molecule has 9 heteroatoms. The van der Waals surface area contributed by atoms with E-state index >= 15 is 0 Å². The zero-order valence-electron chi connectivity index (χ0n) is 17.2. The predicted molar refractivity (Wildman–Crippen MR) is 116 cm³/mol. The van der Waals surface area contributed by atoms with E-state index in [-0.39, 0.29) is 24.1 Å². The average molecular weight is 440 g/mol. The van der Waals surface area contributed by atoms with Crippen molar-refractivity contribution in [2.45, 2.75) is 38.6 Å². The monoisotopic (exact) mass is 439 g/mol. The summed E-state index contributed by atoms with van der Waals surface area (Å²) < 4.78 is 11.5. The highest BCUT2D eigenvalue weighted by atomic mass is 35.5. The van der Waals surface area contributed by atoms with Crippen molar-refractivity contribution in [3.05, 3.63) is 58.1 Å². The van der Waals surface area contributed by atoms with Gasteiger partial charge in [-0.3, -0.25) is 4.79 Å². The normalized spacial score (nSPS) is 23.2. The van der Waals surface area contributed by atoms with E-state index in [0.717, 1.165) is 22.1 Å². The van der Waals surface area contributed by atoms with Crippen LogP contribution in [0.2, 0.25) is 5.15 Å². The molecule has 2 N–H and O–H groups in total. The van der Waals surface area contributed by atoms with Crippen LogP contribution in [0.1, 0.15) is 53.2 Å². The van der Waals surface area contributed by atoms with E-state index in [1.54, 1.807) is 24.5 Å². The third-order valence-electron chi connectivity index (χ3n) is 5.97. The maximum Gasteiger partial charge on any atom is 0.273 e. The molecule has 1 saturated heterocycles. The summed E-state index contributed by atoms with van der Waals surface area (Å²) >= 11 is 5.94. The highest BCUT2D eigenvalue weighted by Gasteiger charge is 2.35. The number of morpholine rings is 1. The fraction of sp³-hybridized carbons (Fsp3) is 0.364. The van der Waals surface area contributed by atoms with Crippen LogP contribution < -0.4 is 5.73 Å². The number of hydrogen-bond donors (Lipinski definition) is 1. The molecule has 3 aromatic heterocycles. The second-order valence-corrected chi connectivity index (χ2v) is 8.35. The fourth-order valence-corrected chi connectivity index (χ4v) is 4.53. The Hall–Kier alpha value is -2.81.